The fourth-order valence-corrected chi connectivity index (χ4v) is 9.48. The van der Waals surface area contributed by atoms with Gasteiger partial charge in [-0.1, -0.05) is 13.5 Å². The molecular formula is C22H30O2. The zero-order valence-electron chi connectivity index (χ0n) is 15.0. The quantitative estimate of drug-likeness (QED) is 0.429. The van der Waals surface area contributed by atoms with Crippen LogP contribution in [-0.2, 0) is 9.53 Å². The average Bonchev–Trinajstić information content (AvgIpc) is 3.31. The summed E-state index contributed by atoms with van der Waals surface area (Å²) >= 11 is 0. The van der Waals surface area contributed by atoms with Crippen LogP contribution in [0.5, 0.6) is 0 Å². The Kier molecular flexibility index (Phi) is 2.69. The second-order valence-electron chi connectivity index (χ2n) is 10.4. The molecule has 12 atom stereocenters. The highest BCUT2D eigenvalue weighted by Crippen LogP contribution is 2.77. The molecule has 2 heteroatoms. The van der Waals surface area contributed by atoms with Crippen LogP contribution in [0.3, 0.4) is 0 Å². The van der Waals surface area contributed by atoms with E-state index < -0.39 is 0 Å². The summed E-state index contributed by atoms with van der Waals surface area (Å²) in [5, 5.41) is 0. The summed E-state index contributed by atoms with van der Waals surface area (Å²) in [6, 6.07) is 0. The van der Waals surface area contributed by atoms with Crippen molar-refractivity contribution in [2.75, 3.05) is 0 Å². The summed E-state index contributed by atoms with van der Waals surface area (Å²) in [5.41, 5.74) is 0.560. The van der Waals surface area contributed by atoms with Crippen molar-refractivity contribution in [3.05, 3.63) is 12.2 Å². The molecule has 0 aromatic rings. The highest BCUT2D eigenvalue weighted by atomic mass is 16.5. The van der Waals surface area contributed by atoms with E-state index in [2.05, 4.69) is 13.5 Å². The van der Waals surface area contributed by atoms with E-state index in [9.17, 15) is 4.79 Å². The second-order valence-corrected chi connectivity index (χ2v) is 10.4. The minimum absolute atomic E-state index is 0.154. The standard InChI is InChI=1S/C22H30O2/c1-9(2)22(23)24-17-7-12-6-14(17)21-16-8-15(19(12)21)20-13-5-11(18(16)20)4-10(13)3/h10-21H,1,4-8H2,2-3H3. The van der Waals surface area contributed by atoms with Crippen molar-refractivity contribution >= 4 is 5.97 Å². The van der Waals surface area contributed by atoms with Gasteiger partial charge in [-0.15, -0.1) is 0 Å². The summed E-state index contributed by atoms with van der Waals surface area (Å²) in [6.45, 7) is 8.07. The topological polar surface area (TPSA) is 26.3 Å². The van der Waals surface area contributed by atoms with Gasteiger partial charge in [0.2, 0.25) is 0 Å². The second kappa shape index (κ2) is 4.48. The zero-order chi connectivity index (χ0) is 16.3. The van der Waals surface area contributed by atoms with Crippen LogP contribution in [0, 0.1) is 65.1 Å². The summed E-state index contributed by atoms with van der Waals surface area (Å²) in [7, 11) is 0. The number of hydrogen-bond acceptors (Lipinski definition) is 2. The maximum absolute atomic E-state index is 12.0. The maximum atomic E-state index is 12.0. The van der Waals surface area contributed by atoms with E-state index in [0.717, 1.165) is 65.6 Å². The fraction of sp³-hybridized carbons (Fsp3) is 0.864. The molecule has 130 valence electrons. The van der Waals surface area contributed by atoms with Crippen molar-refractivity contribution < 1.29 is 9.53 Å². The highest BCUT2D eigenvalue weighted by molar-refractivity contribution is 5.87. The van der Waals surface area contributed by atoms with Crippen LogP contribution >= 0.6 is 0 Å². The van der Waals surface area contributed by atoms with Gasteiger partial charge in [-0.25, -0.2) is 4.79 Å². The van der Waals surface area contributed by atoms with Crippen molar-refractivity contribution in [1.82, 2.24) is 0 Å². The van der Waals surface area contributed by atoms with Crippen LogP contribution in [0.2, 0.25) is 0 Å². The molecule has 0 heterocycles. The van der Waals surface area contributed by atoms with Crippen molar-refractivity contribution in [2.45, 2.75) is 52.1 Å². The maximum Gasteiger partial charge on any atom is 0.333 e. The van der Waals surface area contributed by atoms with E-state index in [0.29, 0.717) is 11.5 Å². The molecule has 0 spiro atoms. The lowest BCUT2D eigenvalue weighted by atomic mass is 9.58. The lowest BCUT2D eigenvalue weighted by Gasteiger charge is -2.47. The third-order valence-electron chi connectivity index (χ3n) is 9.66. The lowest BCUT2D eigenvalue weighted by molar-refractivity contribution is -0.150. The largest absolute Gasteiger partial charge is 0.459 e. The van der Waals surface area contributed by atoms with Gasteiger partial charge in [-0.2, -0.15) is 0 Å². The van der Waals surface area contributed by atoms with Crippen LogP contribution in [0.1, 0.15) is 46.0 Å². The van der Waals surface area contributed by atoms with Crippen molar-refractivity contribution in [3.8, 4) is 0 Å². The van der Waals surface area contributed by atoms with E-state index in [-0.39, 0.29) is 12.1 Å². The highest BCUT2D eigenvalue weighted by Gasteiger charge is 2.72. The van der Waals surface area contributed by atoms with Gasteiger partial charge in [0.15, 0.2) is 0 Å². The summed E-state index contributed by atoms with van der Waals surface area (Å²) < 4.78 is 5.87. The molecule has 0 aliphatic heterocycles. The molecule has 24 heavy (non-hydrogen) atoms. The fourth-order valence-electron chi connectivity index (χ4n) is 9.48. The number of fused-ring (bicyclic) bond motifs is 16. The molecule has 0 radical (unpaired) electrons. The molecular weight excluding hydrogens is 296 g/mol. The Balaban J connectivity index is 1.28. The molecule has 6 fully saturated rings. The number of carbonyl (C=O) groups excluding carboxylic acids is 1. The third-order valence-corrected chi connectivity index (χ3v) is 9.66. The Bertz CT molecular complexity index is 623. The molecule has 0 amide bonds. The minimum atomic E-state index is -0.154. The first-order chi connectivity index (χ1) is 11.5. The number of ether oxygens (including phenoxy) is 1. The van der Waals surface area contributed by atoms with Crippen LogP contribution in [-0.4, -0.2) is 12.1 Å². The Labute approximate surface area is 145 Å². The van der Waals surface area contributed by atoms with E-state index in [1.807, 2.05) is 0 Å². The predicted molar refractivity (Wildman–Crippen MR) is 91.8 cm³/mol. The Morgan fingerprint density at radius 3 is 2.17 bits per heavy atom. The Morgan fingerprint density at radius 1 is 0.833 bits per heavy atom. The van der Waals surface area contributed by atoms with Crippen LogP contribution < -0.4 is 0 Å². The molecule has 0 saturated heterocycles. The van der Waals surface area contributed by atoms with Gasteiger partial charge < -0.3 is 4.74 Å². The van der Waals surface area contributed by atoms with E-state index in [4.69, 9.17) is 4.74 Å². The molecule has 2 nitrogen and oxygen atoms in total. The molecule has 6 saturated carbocycles. The number of rotatable bonds is 2. The van der Waals surface area contributed by atoms with Gasteiger partial charge in [-0.3, -0.25) is 0 Å². The van der Waals surface area contributed by atoms with E-state index in [1.165, 1.54) is 19.3 Å². The molecule has 0 aromatic heterocycles. The number of hydrogen-bond donors (Lipinski definition) is 0. The number of esters is 1. The molecule has 0 aromatic carbocycles. The van der Waals surface area contributed by atoms with Crippen molar-refractivity contribution in [2.24, 2.45) is 65.1 Å². The van der Waals surface area contributed by atoms with E-state index >= 15 is 0 Å². The van der Waals surface area contributed by atoms with Crippen LogP contribution in [0.25, 0.3) is 0 Å². The van der Waals surface area contributed by atoms with Gasteiger partial charge in [0, 0.05) is 5.57 Å². The first kappa shape index (κ1) is 14.4. The SMILES string of the molecule is C=C(C)C(=O)OC1CC2CC1C1C3CC(C21)C1C2CC(CC2C)C31. The van der Waals surface area contributed by atoms with Gasteiger partial charge in [-0.05, 0) is 104 Å². The van der Waals surface area contributed by atoms with Gasteiger partial charge in [0.05, 0.1) is 0 Å². The Hall–Kier alpha value is -0.790. The minimum Gasteiger partial charge on any atom is -0.459 e. The van der Waals surface area contributed by atoms with Crippen molar-refractivity contribution in [1.29, 1.82) is 0 Å². The molecule has 6 aliphatic rings. The zero-order valence-corrected chi connectivity index (χ0v) is 15.0. The first-order valence-corrected chi connectivity index (χ1v) is 10.4. The third kappa shape index (κ3) is 1.53. The average molecular weight is 326 g/mol. The van der Waals surface area contributed by atoms with Crippen LogP contribution in [0.4, 0.5) is 0 Å². The monoisotopic (exact) mass is 326 g/mol. The first-order valence-electron chi connectivity index (χ1n) is 10.4. The number of carbonyl (C=O) groups is 1. The molecule has 6 bridgehead atoms. The molecule has 6 rings (SSSR count). The lowest BCUT2D eigenvalue weighted by Crippen LogP contribution is -2.45. The smallest absolute Gasteiger partial charge is 0.333 e. The van der Waals surface area contributed by atoms with Crippen molar-refractivity contribution in [3.63, 3.8) is 0 Å². The summed E-state index contributed by atoms with van der Waals surface area (Å²) in [6.07, 6.45) is 7.28. The molecule has 0 N–H and O–H groups in total. The molecule has 6 aliphatic carbocycles. The normalized spacial score (nSPS) is 61.2. The van der Waals surface area contributed by atoms with Gasteiger partial charge >= 0.3 is 5.97 Å². The summed E-state index contributed by atoms with van der Waals surface area (Å²) in [4.78, 5) is 12.0. The van der Waals surface area contributed by atoms with Gasteiger partial charge in [0.25, 0.3) is 0 Å². The summed E-state index contributed by atoms with van der Waals surface area (Å²) in [5.74, 6) is 10.5. The van der Waals surface area contributed by atoms with Gasteiger partial charge in [0.1, 0.15) is 6.10 Å². The van der Waals surface area contributed by atoms with Crippen LogP contribution in [0.15, 0.2) is 12.2 Å². The van der Waals surface area contributed by atoms with E-state index in [1.54, 1.807) is 13.3 Å². The predicted octanol–water partition coefficient (Wildman–Crippen LogP) is 4.30. The molecule has 12 unspecified atom stereocenters. The Morgan fingerprint density at radius 2 is 1.46 bits per heavy atom.